The van der Waals surface area contributed by atoms with Crippen LogP contribution in [0, 0.1) is 0 Å². The lowest BCUT2D eigenvalue weighted by molar-refractivity contribution is -0.402. The Morgan fingerprint density at radius 2 is 1.07 bits per heavy atom. The van der Waals surface area contributed by atoms with Crippen LogP contribution in [-0.2, 0) is 57.0 Å². The van der Waals surface area contributed by atoms with Crippen LogP contribution in [0.15, 0.2) is 0 Å². The molecule has 0 aromatic rings. The van der Waals surface area contributed by atoms with Crippen molar-refractivity contribution in [3.63, 3.8) is 0 Å². The van der Waals surface area contributed by atoms with Gasteiger partial charge >= 0.3 is 5.97 Å². The minimum Gasteiger partial charge on any atom is -0.477 e. The molecular weight excluding hydrogens is 936 g/mol. The summed E-state index contributed by atoms with van der Waals surface area (Å²) in [4.78, 5) is 38.3. The minimum atomic E-state index is -3.32. The summed E-state index contributed by atoms with van der Waals surface area (Å²) < 4.78 is 51.6. The molecule has 5 aliphatic heterocycles. The molecule has 19 N–H and O–H groups in total. The quantitative estimate of drug-likeness (QED) is 0.0606. The molecule has 5 fully saturated rings. The average molecular weight is 999 g/mol. The number of carboxylic acids is 1. The molecule has 68 heavy (non-hydrogen) atoms. The number of rotatable bonds is 18. The van der Waals surface area contributed by atoms with Crippen molar-refractivity contribution in [2.45, 2.75) is 179 Å². The lowest BCUT2D eigenvalue weighted by Gasteiger charge is -2.52. The molecule has 5 saturated heterocycles. The number of carbonyl (C=O) groups is 3. The summed E-state index contributed by atoms with van der Waals surface area (Å²) in [5.41, 5.74) is 0. The molecule has 0 aromatic heterocycles. The third-order valence-electron chi connectivity index (χ3n) is 12.1. The SMILES string of the molecule is CC(=O)N[C@H]1[C@H](O[C@@H]2[C@H](O[C@]3(C(=O)O)C[C@H](O)[C@@H](NC(C)=O)[C@H]([C@H](O)[C@H](O)CO)O3)[C@@H](O)[C@H](O[C@H]3[C@H](O)[C@@H](O)C(O)O[C@@H]3CO)O[C@@H]2CO)O[C@H](CO)[C@H](O)[C@@H]1O[C@@H]1O[C@H](CO)[C@H](O)[C@H](O)[C@H]1O. The van der Waals surface area contributed by atoms with E-state index >= 15 is 0 Å². The van der Waals surface area contributed by atoms with Crippen molar-refractivity contribution in [2.75, 3.05) is 33.0 Å². The van der Waals surface area contributed by atoms with Crippen molar-refractivity contribution in [2.24, 2.45) is 0 Å². The summed E-state index contributed by atoms with van der Waals surface area (Å²) in [6.07, 6.45) is -48.5. The molecular formula is C37H62N2O29. The first-order valence-corrected chi connectivity index (χ1v) is 21.2. The normalized spacial score (nSPS) is 46.6. The van der Waals surface area contributed by atoms with Gasteiger partial charge in [-0.05, 0) is 0 Å². The molecule has 5 aliphatic rings. The molecule has 2 amide bonds. The van der Waals surface area contributed by atoms with Gasteiger partial charge in [-0.15, -0.1) is 0 Å². The number of ether oxygens (including phenoxy) is 9. The highest BCUT2D eigenvalue weighted by Gasteiger charge is 2.62. The zero-order chi connectivity index (χ0) is 50.7. The third-order valence-corrected chi connectivity index (χ3v) is 12.1. The summed E-state index contributed by atoms with van der Waals surface area (Å²) in [6.45, 7) is -3.48. The van der Waals surface area contributed by atoms with E-state index in [0.717, 1.165) is 13.8 Å². The highest BCUT2D eigenvalue weighted by molar-refractivity contribution is 5.76. The van der Waals surface area contributed by atoms with Crippen LogP contribution in [0.2, 0.25) is 0 Å². The summed E-state index contributed by atoms with van der Waals surface area (Å²) in [5, 5.41) is 185. The van der Waals surface area contributed by atoms with E-state index in [-0.39, 0.29) is 0 Å². The van der Waals surface area contributed by atoms with Gasteiger partial charge in [-0.1, -0.05) is 0 Å². The fraction of sp³-hybridized carbons (Fsp3) is 0.919. The smallest absolute Gasteiger partial charge is 0.364 e. The number of aliphatic hydroxyl groups is 16. The molecule has 31 nitrogen and oxygen atoms in total. The first-order chi connectivity index (χ1) is 32.0. The Morgan fingerprint density at radius 1 is 0.574 bits per heavy atom. The Labute approximate surface area is 384 Å². The van der Waals surface area contributed by atoms with Crippen molar-refractivity contribution in [1.82, 2.24) is 10.6 Å². The van der Waals surface area contributed by atoms with Gasteiger partial charge in [0, 0.05) is 20.3 Å². The van der Waals surface area contributed by atoms with Crippen LogP contribution < -0.4 is 10.6 Å². The zero-order valence-electron chi connectivity index (χ0n) is 36.2. The van der Waals surface area contributed by atoms with Gasteiger partial charge in [-0.25, -0.2) is 4.79 Å². The largest absolute Gasteiger partial charge is 0.477 e. The number of aliphatic carboxylic acids is 1. The molecule has 1 unspecified atom stereocenters. The predicted octanol–water partition coefficient (Wildman–Crippen LogP) is -12.4. The topological polar surface area (TPSA) is 502 Å². The number of carbonyl (C=O) groups excluding carboxylic acids is 2. The van der Waals surface area contributed by atoms with Crippen LogP contribution in [0.25, 0.3) is 0 Å². The maximum atomic E-state index is 13.4. The van der Waals surface area contributed by atoms with Crippen LogP contribution in [0.4, 0.5) is 0 Å². The maximum absolute atomic E-state index is 13.4. The van der Waals surface area contributed by atoms with Gasteiger partial charge < -0.3 is 140 Å². The van der Waals surface area contributed by atoms with Gasteiger partial charge in [0.15, 0.2) is 25.2 Å². The molecule has 5 rings (SSSR count). The van der Waals surface area contributed by atoms with E-state index in [2.05, 4.69) is 10.6 Å². The summed E-state index contributed by atoms with van der Waals surface area (Å²) in [7, 11) is 0. The first kappa shape index (κ1) is 56.3. The minimum absolute atomic E-state index is 0.856. The molecule has 0 saturated carbocycles. The molecule has 0 aromatic carbocycles. The zero-order valence-corrected chi connectivity index (χ0v) is 36.2. The second-order valence-electron chi connectivity index (χ2n) is 16.8. The second kappa shape index (κ2) is 23.8. The number of hydrogen-bond acceptors (Lipinski definition) is 28. The average Bonchev–Trinajstić information content (AvgIpc) is 3.29. The van der Waals surface area contributed by atoms with Gasteiger partial charge in [0.25, 0.3) is 5.79 Å². The van der Waals surface area contributed by atoms with E-state index in [4.69, 9.17) is 42.6 Å². The molecule has 394 valence electrons. The Morgan fingerprint density at radius 3 is 1.63 bits per heavy atom. The number of nitrogens with one attached hydrogen (secondary N) is 2. The summed E-state index contributed by atoms with van der Waals surface area (Å²) in [5.74, 6) is -7.24. The van der Waals surface area contributed by atoms with E-state index in [9.17, 15) is 101 Å². The van der Waals surface area contributed by atoms with Crippen LogP contribution >= 0.6 is 0 Å². The highest BCUT2D eigenvalue weighted by Crippen LogP contribution is 2.40. The maximum Gasteiger partial charge on any atom is 0.364 e. The predicted molar refractivity (Wildman–Crippen MR) is 207 cm³/mol. The Balaban J connectivity index is 1.61. The lowest BCUT2D eigenvalue weighted by Crippen LogP contribution is -2.72. The van der Waals surface area contributed by atoms with Gasteiger partial charge in [0.05, 0.1) is 45.2 Å². The number of aliphatic hydroxyl groups excluding tert-OH is 16. The first-order valence-electron chi connectivity index (χ1n) is 21.2. The molecule has 0 spiro atoms. The number of carboxylic acid groups (broad SMARTS) is 1. The van der Waals surface area contributed by atoms with Gasteiger partial charge in [-0.3, -0.25) is 9.59 Å². The van der Waals surface area contributed by atoms with Crippen LogP contribution in [-0.4, -0.2) is 297 Å². The fourth-order valence-electron chi connectivity index (χ4n) is 8.53. The molecule has 5 heterocycles. The third kappa shape index (κ3) is 11.8. The van der Waals surface area contributed by atoms with Crippen molar-refractivity contribution in [3.8, 4) is 0 Å². The van der Waals surface area contributed by atoms with Gasteiger partial charge in [-0.2, -0.15) is 0 Å². The van der Waals surface area contributed by atoms with Crippen LogP contribution in [0.3, 0.4) is 0 Å². The van der Waals surface area contributed by atoms with Crippen LogP contribution in [0.1, 0.15) is 20.3 Å². The lowest BCUT2D eigenvalue weighted by atomic mass is 9.88. The van der Waals surface area contributed by atoms with E-state index in [1.165, 1.54) is 0 Å². The molecule has 31 heteroatoms. The van der Waals surface area contributed by atoms with Crippen molar-refractivity contribution < 1.29 is 144 Å². The van der Waals surface area contributed by atoms with Crippen molar-refractivity contribution in [3.05, 3.63) is 0 Å². The second-order valence-corrected chi connectivity index (χ2v) is 16.8. The van der Waals surface area contributed by atoms with E-state index in [0.29, 0.717) is 0 Å². The molecule has 26 atom stereocenters. The Kier molecular flexibility index (Phi) is 19.7. The van der Waals surface area contributed by atoms with Crippen LogP contribution in [0.5, 0.6) is 0 Å². The monoisotopic (exact) mass is 998 g/mol. The highest BCUT2D eigenvalue weighted by atomic mass is 16.8. The summed E-state index contributed by atoms with van der Waals surface area (Å²) in [6, 6.07) is -3.59. The molecule has 0 bridgehead atoms. The van der Waals surface area contributed by atoms with Gasteiger partial charge in [0.1, 0.15) is 116 Å². The number of amides is 2. The van der Waals surface area contributed by atoms with Crippen molar-refractivity contribution in [1.29, 1.82) is 0 Å². The standard InChI is InChI=1S/C37H62N2O29/c1-9(45)38-17-11(47)3-37(36(58)59,67-30(17)19(49)12(48)4-40)68-31-26(56)35(64-27-15(7-43)60-32(57)24(54)23(27)53)63-16(8-44)28(31)65-33-18(39-10(2)46)29(21(51)14(6-42)61-33)66-34-25(55)22(52)20(50)13(5-41)62-34/h11-35,40-44,47-57H,3-8H2,1-2H3,(H,38,45)(H,39,46)(H,58,59)/t11-,12+,13+,14+,15+,16+,17+,18+,19+,20-,21-,22-,23+,24+,25+,26+,27+,28-,29+,30+,31+,32?,33-,34-,35-,37-/m0/s1. The fourth-order valence-corrected chi connectivity index (χ4v) is 8.53. The van der Waals surface area contributed by atoms with Gasteiger partial charge in [0.2, 0.25) is 11.8 Å². The number of hydrogen-bond donors (Lipinski definition) is 19. The molecule has 0 aliphatic carbocycles. The Hall–Kier alpha value is -2.59. The van der Waals surface area contributed by atoms with E-state index < -0.39 is 216 Å². The molecule has 0 radical (unpaired) electrons. The van der Waals surface area contributed by atoms with E-state index in [1.807, 2.05) is 0 Å². The van der Waals surface area contributed by atoms with Crippen molar-refractivity contribution >= 4 is 17.8 Å². The Bertz CT molecular complexity index is 1650. The van der Waals surface area contributed by atoms with E-state index in [1.54, 1.807) is 0 Å². The summed E-state index contributed by atoms with van der Waals surface area (Å²) >= 11 is 0.